The lowest BCUT2D eigenvalue weighted by Crippen LogP contribution is -2.41. The van der Waals surface area contributed by atoms with Gasteiger partial charge in [-0.05, 0) is 40.6 Å². The van der Waals surface area contributed by atoms with Gasteiger partial charge < -0.3 is 10.4 Å². The molecule has 116 valence electrons. The van der Waals surface area contributed by atoms with Crippen molar-refractivity contribution in [3.63, 3.8) is 0 Å². The van der Waals surface area contributed by atoms with E-state index in [-0.39, 0.29) is 11.9 Å². The molecule has 22 heavy (non-hydrogen) atoms. The first-order valence-electron chi connectivity index (χ1n) is 6.99. The van der Waals surface area contributed by atoms with Crippen LogP contribution in [0.5, 0.6) is 0 Å². The van der Waals surface area contributed by atoms with Gasteiger partial charge in [-0.15, -0.1) is 11.3 Å². The van der Waals surface area contributed by atoms with Crippen LogP contribution in [0, 0.1) is 0 Å². The van der Waals surface area contributed by atoms with Gasteiger partial charge in [0, 0.05) is 27.2 Å². The normalized spacial score (nSPS) is 14.0. The van der Waals surface area contributed by atoms with Gasteiger partial charge in [0.05, 0.1) is 12.1 Å². The third-order valence-electron chi connectivity index (χ3n) is 3.22. The average Bonchev–Trinajstić information content (AvgIpc) is 2.92. The molecular weight excluding hydrogens is 362 g/mol. The van der Waals surface area contributed by atoms with Gasteiger partial charge in [0.25, 0.3) is 0 Å². The Hall–Kier alpha value is -1.43. The first-order valence-corrected chi connectivity index (χ1v) is 8.66. The zero-order chi connectivity index (χ0) is 15.9. The second-order valence-electron chi connectivity index (χ2n) is 5.05. The molecule has 0 radical (unpaired) electrons. The maximum Gasteiger partial charge on any atom is 0.244 e. The summed E-state index contributed by atoms with van der Waals surface area (Å²) in [4.78, 5) is 12.9. The van der Waals surface area contributed by atoms with Crippen molar-refractivity contribution in [2.75, 3.05) is 0 Å². The molecule has 5 heteroatoms. The maximum absolute atomic E-state index is 11.9. The van der Waals surface area contributed by atoms with Crippen LogP contribution in [0.15, 0.2) is 52.3 Å². The smallest absolute Gasteiger partial charge is 0.244 e. The van der Waals surface area contributed by atoms with Crippen LogP contribution in [-0.2, 0) is 11.2 Å². The molecule has 2 rings (SSSR count). The Morgan fingerprint density at radius 2 is 2.14 bits per heavy atom. The number of carbonyl (C=O) groups is 1. The maximum atomic E-state index is 11.9. The van der Waals surface area contributed by atoms with E-state index in [1.807, 2.05) is 41.8 Å². The van der Waals surface area contributed by atoms with Gasteiger partial charge in [-0.25, -0.2) is 0 Å². The molecule has 0 fully saturated rings. The molecule has 0 saturated heterocycles. The molecule has 0 saturated carbocycles. The van der Waals surface area contributed by atoms with Crippen molar-refractivity contribution in [2.45, 2.75) is 25.5 Å². The van der Waals surface area contributed by atoms with Gasteiger partial charge in [-0.3, -0.25) is 4.79 Å². The van der Waals surface area contributed by atoms with Crippen molar-refractivity contribution in [1.29, 1.82) is 0 Å². The van der Waals surface area contributed by atoms with E-state index in [2.05, 4.69) is 21.2 Å². The highest BCUT2D eigenvalue weighted by Gasteiger charge is 2.15. The summed E-state index contributed by atoms with van der Waals surface area (Å²) in [5, 5.41) is 14.9. The Morgan fingerprint density at radius 1 is 1.41 bits per heavy atom. The predicted molar refractivity (Wildman–Crippen MR) is 94.8 cm³/mol. The molecule has 1 aromatic carbocycles. The number of halogens is 1. The van der Waals surface area contributed by atoms with Gasteiger partial charge in [0.15, 0.2) is 0 Å². The quantitative estimate of drug-likeness (QED) is 0.752. The number of aliphatic hydroxyl groups excluding tert-OH is 1. The summed E-state index contributed by atoms with van der Waals surface area (Å²) in [5.74, 6) is -0.205. The molecular formula is C17H18BrNO2S. The van der Waals surface area contributed by atoms with Crippen molar-refractivity contribution >= 4 is 39.2 Å². The minimum Gasteiger partial charge on any atom is -0.391 e. The summed E-state index contributed by atoms with van der Waals surface area (Å²) >= 11 is 4.93. The highest BCUT2D eigenvalue weighted by atomic mass is 79.9. The molecule has 0 bridgehead atoms. The van der Waals surface area contributed by atoms with E-state index in [0.717, 1.165) is 14.9 Å². The van der Waals surface area contributed by atoms with E-state index in [9.17, 15) is 9.90 Å². The topological polar surface area (TPSA) is 49.3 Å². The zero-order valence-corrected chi connectivity index (χ0v) is 14.6. The van der Waals surface area contributed by atoms with Crippen molar-refractivity contribution in [3.8, 4) is 0 Å². The van der Waals surface area contributed by atoms with Crippen LogP contribution < -0.4 is 5.32 Å². The number of rotatable bonds is 6. The fourth-order valence-electron chi connectivity index (χ4n) is 1.97. The van der Waals surface area contributed by atoms with Crippen LogP contribution in [0.2, 0.25) is 0 Å². The van der Waals surface area contributed by atoms with Crippen molar-refractivity contribution in [1.82, 2.24) is 5.32 Å². The van der Waals surface area contributed by atoms with E-state index in [4.69, 9.17) is 0 Å². The molecule has 1 aromatic heterocycles. The van der Waals surface area contributed by atoms with Crippen molar-refractivity contribution in [3.05, 3.63) is 62.8 Å². The third kappa shape index (κ3) is 5.40. The standard InChI is InChI=1S/C17H18BrNO2S/c1-12(16(20)9-13-5-3-2-4-6-13)19-17(21)8-7-15-10-14(18)11-22-15/h2-8,10-12,16,20H,9H2,1H3,(H,19,21)/b8-7+. The fraction of sp³-hybridized carbons (Fsp3) is 0.235. The van der Waals surface area contributed by atoms with Crippen LogP contribution in [0.25, 0.3) is 6.08 Å². The van der Waals surface area contributed by atoms with Crippen LogP contribution in [0.3, 0.4) is 0 Å². The lowest BCUT2D eigenvalue weighted by molar-refractivity contribution is -0.117. The molecule has 2 aromatic rings. The number of nitrogens with one attached hydrogen (secondary N) is 1. The summed E-state index contributed by atoms with van der Waals surface area (Å²) in [5.41, 5.74) is 1.05. The van der Waals surface area contributed by atoms with Gasteiger partial charge in [0.2, 0.25) is 5.91 Å². The number of aliphatic hydroxyl groups is 1. The lowest BCUT2D eigenvalue weighted by Gasteiger charge is -2.19. The first-order chi connectivity index (χ1) is 10.5. The monoisotopic (exact) mass is 379 g/mol. The van der Waals surface area contributed by atoms with Crippen LogP contribution >= 0.6 is 27.3 Å². The number of amides is 1. The fourth-order valence-corrected chi connectivity index (χ4v) is 3.31. The third-order valence-corrected chi connectivity index (χ3v) is 4.88. The zero-order valence-electron chi connectivity index (χ0n) is 12.2. The van der Waals surface area contributed by atoms with E-state index < -0.39 is 6.10 Å². The SMILES string of the molecule is CC(NC(=O)/C=C/c1cc(Br)cs1)C(O)Cc1ccccc1. The summed E-state index contributed by atoms with van der Waals surface area (Å²) in [6, 6.07) is 11.4. The predicted octanol–water partition coefficient (Wildman–Crippen LogP) is 3.63. The Bertz CT molecular complexity index is 639. The van der Waals surface area contributed by atoms with E-state index in [1.165, 1.54) is 6.08 Å². The summed E-state index contributed by atoms with van der Waals surface area (Å²) in [7, 11) is 0. The summed E-state index contributed by atoms with van der Waals surface area (Å²) in [6.45, 7) is 1.81. The average molecular weight is 380 g/mol. The number of thiophene rings is 1. The molecule has 2 N–H and O–H groups in total. The molecule has 0 spiro atoms. The van der Waals surface area contributed by atoms with E-state index >= 15 is 0 Å². The highest BCUT2D eigenvalue weighted by Crippen LogP contribution is 2.20. The minimum atomic E-state index is -0.615. The minimum absolute atomic E-state index is 0.205. The van der Waals surface area contributed by atoms with Crippen molar-refractivity contribution in [2.24, 2.45) is 0 Å². The van der Waals surface area contributed by atoms with Gasteiger partial charge in [-0.2, -0.15) is 0 Å². The molecule has 3 nitrogen and oxygen atoms in total. The van der Waals surface area contributed by atoms with Crippen molar-refractivity contribution < 1.29 is 9.90 Å². The second kappa shape index (κ2) is 8.27. The Kier molecular flexibility index (Phi) is 6.36. The Morgan fingerprint density at radius 3 is 2.77 bits per heavy atom. The molecule has 0 aliphatic rings. The van der Waals surface area contributed by atoms with Crippen LogP contribution in [-0.4, -0.2) is 23.2 Å². The lowest BCUT2D eigenvalue weighted by atomic mass is 10.0. The van der Waals surface area contributed by atoms with Crippen LogP contribution in [0.4, 0.5) is 0 Å². The molecule has 1 amide bonds. The van der Waals surface area contributed by atoms with Gasteiger partial charge in [0.1, 0.15) is 0 Å². The summed E-state index contributed by atoms with van der Waals surface area (Å²) < 4.78 is 1.00. The summed E-state index contributed by atoms with van der Waals surface area (Å²) in [6.07, 6.45) is 3.16. The van der Waals surface area contributed by atoms with E-state index in [1.54, 1.807) is 24.3 Å². The molecule has 0 aliphatic heterocycles. The largest absolute Gasteiger partial charge is 0.391 e. The van der Waals surface area contributed by atoms with Crippen LogP contribution in [0.1, 0.15) is 17.4 Å². The number of benzene rings is 1. The molecule has 2 atom stereocenters. The van der Waals surface area contributed by atoms with E-state index in [0.29, 0.717) is 6.42 Å². The highest BCUT2D eigenvalue weighted by molar-refractivity contribution is 9.10. The van der Waals surface area contributed by atoms with Gasteiger partial charge >= 0.3 is 0 Å². The number of hydrogen-bond acceptors (Lipinski definition) is 3. The second-order valence-corrected chi connectivity index (χ2v) is 6.91. The Labute approximate surface area is 142 Å². The molecule has 0 aliphatic carbocycles. The molecule has 2 unspecified atom stereocenters. The Balaban J connectivity index is 1.84. The first kappa shape index (κ1) is 16.9. The van der Waals surface area contributed by atoms with Gasteiger partial charge in [-0.1, -0.05) is 30.3 Å². The number of carbonyl (C=O) groups excluding carboxylic acids is 1. The molecule has 1 heterocycles. The number of hydrogen-bond donors (Lipinski definition) is 2.